The van der Waals surface area contributed by atoms with Crippen LogP contribution in [0.4, 0.5) is 0 Å². The lowest BCUT2D eigenvalue weighted by atomic mass is 10.1. The average Bonchev–Trinajstić information content (AvgIpc) is 3.22. The SMILES string of the molecule is CCN(CC)S(=O)(=O)c1ccc2[nH]c(=O)cc(C(=O)NCCc3nnc4ccccn34)c2c1. The maximum Gasteiger partial charge on any atom is 0.252 e. The lowest BCUT2D eigenvalue weighted by molar-refractivity contribution is 0.0955. The van der Waals surface area contributed by atoms with E-state index in [1.165, 1.54) is 28.6 Å². The van der Waals surface area contributed by atoms with Gasteiger partial charge in [0, 0.05) is 49.2 Å². The summed E-state index contributed by atoms with van der Waals surface area (Å²) < 4.78 is 29.0. The summed E-state index contributed by atoms with van der Waals surface area (Å²) >= 11 is 0. The predicted molar refractivity (Wildman–Crippen MR) is 124 cm³/mol. The maximum absolute atomic E-state index is 12.9. The first kappa shape index (κ1) is 22.6. The van der Waals surface area contributed by atoms with Gasteiger partial charge < -0.3 is 10.3 Å². The molecule has 3 aromatic heterocycles. The number of sulfonamides is 1. The Bertz CT molecular complexity index is 1490. The summed E-state index contributed by atoms with van der Waals surface area (Å²) in [6.45, 7) is 4.44. The Hall–Kier alpha value is -3.57. The van der Waals surface area contributed by atoms with E-state index < -0.39 is 21.5 Å². The first-order valence-corrected chi connectivity index (χ1v) is 12.0. The molecule has 0 radical (unpaired) electrons. The van der Waals surface area contributed by atoms with Gasteiger partial charge in [-0.3, -0.25) is 14.0 Å². The molecule has 0 spiro atoms. The molecule has 1 amide bonds. The average molecular weight is 469 g/mol. The van der Waals surface area contributed by atoms with Crippen LogP contribution in [-0.4, -0.2) is 57.8 Å². The third kappa shape index (κ3) is 4.37. The molecule has 0 unspecified atom stereocenters. The van der Waals surface area contributed by atoms with Gasteiger partial charge in [0.05, 0.1) is 10.5 Å². The summed E-state index contributed by atoms with van der Waals surface area (Å²) in [4.78, 5) is 27.8. The molecule has 0 fully saturated rings. The highest BCUT2D eigenvalue weighted by molar-refractivity contribution is 7.89. The van der Waals surface area contributed by atoms with Crippen molar-refractivity contribution in [3.05, 3.63) is 70.4 Å². The molecule has 0 saturated carbocycles. The summed E-state index contributed by atoms with van der Waals surface area (Å²) in [6, 6.07) is 11.1. The summed E-state index contributed by atoms with van der Waals surface area (Å²) in [7, 11) is -3.72. The van der Waals surface area contributed by atoms with Gasteiger partial charge in [0.25, 0.3) is 5.91 Å². The summed E-state index contributed by atoms with van der Waals surface area (Å²) in [5.74, 6) is 0.214. The molecule has 11 heteroatoms. The van der Waals surface area contributed by atoms with E-state index in [1.807, 2.05) is 28.8 Å². The van der Waals surface area contributed by atoms with Crippen LogP contribution in [0.1, 0.15) is 30.0 Å². The largest absolute Gasteiger partial charge is 0.352 e. The number of H-pyrrole nitrogens is 1. The highest BCUT2D eigenvalue weighted by Gasteiger charge is 2.23. The van der Waals surface area contributed by atoms with Crippen LogP contribution < -0.4 is 10.9 Å². The van der Waals surface area contributed by atoms with Gasteiger partial charge in [-0.25, -0.2) is 8.42 Å². The zero-order valence-electron chi connectivity index (χ0n) is 18.3. The lowest BCUT2D eigenvalue weighted by Crippen LogP contribution is -2.30. The van der Waals surface area contributed by atoms with Crippen LogP contribution in [0.5, 0.6) is 0 Å². The minimum Gasteiger partial charge on any atom is -0.352 e. The van der Waals surface area contributed by atoms with Crippen molar-refractivity contribution >= 4 is 32.5 Å². The first-order valence-electron chi connectivity index (χ1n) is 10.6. The number of carbonyl (C=O) groups excluding carboxylic acids is 1. The van der Waals surface area contributed by atoms with Crippen molar-refractivity contribution in [3.63, 3.8) is 0 Å². The normalized spacial score (nSPS) is 12.0. The third-order valence-corrected chi connectivity index (χ3v) is 7.47. The molecule has 1 aromatic carbocycles. The Kier molecular flexibility index (Phi) is 6.25. The van der Waals surface area contributed by atoms with Crippen molar-refractivity contribution in [2.75, 3.05) is 19.6 Å². The van der Waals surface area contributed by atoms with Crippen molar-refractivity contribution in [3.8, 4) is 0 Å². The molecule has 0 bridgehead atoms. The second-order valence-corrected chi connectivity index (χ2v) is 9.33. The van der Waals surface area contributed by atoms with Gasteiger partial charge in [0.2, 0.25) is 15.6 Å². The highest BCUT2D eigenvalue weighted by Crippen LogP contribution is 2.23. The van der Waals surface area contributed by atoms with Gasteiger partial charge in [-0.05, 0) is 30.3 Å². The van der Waals surface area contributed by atoms with E-state index in [4.69, 9.17) is 0 Å². The first-order chi connectivity index (χ1) is 15.8. The van der Waals surface area contributed by atoms with E-state index in [1.54, 1.807) is 13.8 Å². The molecule has 172 valence electrons. The van der Waals surface area contributed by atoms with E-state index in [2.05, 4.69) is 20.5 Å². The number of hydrogen-bond acceptors (Lipinski definition) is 6. The Balaban J connectivity index is 1.61. The van der Waals surface area contributed by atoms with Crippen LogP contribution >= 0.6 is 0 Å². The quantitative estimate of drug-likeness (QED) is 0.404. The fourth-order valence-corrected chi connectivity index (χ4v) is 5.22. The second-order valence-electron chi connectivity index (χ2n) is 7.39. The fourth-order valence-electron chi connectivity index (χ4n) is 3.74. The van der Waals surface area contributed by atoms with Crippen molar-refractivity contribution in [2.24, 2.45) is 0 Å². The van der Waals surface area contributed by atoms with E-state index in [0.717, 1.165) is 0 Å². The molecule has 0 aliphatic carbocycles. The summed E-state index contributed by atoms with van der Waals surface area (Å²) in [5.41, 5.74) is 0.753. The molecular weight excluding hydrogens is 444 g/mol. The molecule has 2 N–H and O–H groups in total. The van der Waals surface area contributed by atoms with Gasteiger partial charge in [0.1, 0.15) is 5.82 Å². The molecule has 0 saturated heterocycles. The molecule has 0 aliphatic heterocycles. The van der Waals surface area contributed by atoms with Crippen LogP contribution in [-0.2, 0) is 16.4 Å². The monoisotopic (exact) mass is 468 g/mol. The predicted octanol–water partition coefficient (Wildman–Crippen LogP) is 1.57. The van der Waals surface area contributed by atoms with Crippen molar-refractivity contribution < 1.29 is 13.2 Å². The third-order valence-electron chi connectivity index (χ3n) is 5.42. The van der Waals surface area contributed by atoms with Crippen molar-refractivity contribution in [1.82, 2.24) is 29.2 Å². The zero-order valence-corrected chi connectivity index (χ0v) is 19.1. The number of hydrogen-bond donors (Lipinski definition) is 2. The van der Waals surface area contributed by atoms with Gasteiger partial charge in [0.15, 0.2) is 5.65 Å². The van der Waals surface area contributed by atoms with Gasteiger partial charge >= 0.3 is 0 Å². The number of amides is 1. The Morgan fingerprint density at radius 3 is 2.67 bits per heavy atom. The number of fused-ring (bicyclic) bond motifs is 2. The van der Waals surface area contributed by atoms with E-state index >= 15 is 0 Å². The minimum atomic E-state index is -3.72. The van der Waals surface area contributed by atoms with Crippen LogP contribution in [0, 0.1) is 0 Å². The molecule has 33 heavy (non-hydrogen) atoms. The molecular formula is C22H24N6O4S. The Morgan fingerprint density at radius 2 is 1.91 bits per heavy atom. The van der Waals surface area contributed by atoms with Gasteiger partial charge in [-0.15, -0.1) is 10.2 Å². The van der Waals surface area contributed by atoms with E-state index in [9.17, 15) is 18.0 Å². The molecule has 4 aromatic rings. The highest BCUT2D eigenvalue weighted by atomic mass is 32.2. The van der Waals surface area contributed by atoms with Crippen molar-refractivity contribution in [2.45, 2.75) is 25.2 Å². The lowest BCUT2D eigenvalue weighted by Gasteiger charge is -2.19. The van der Waals surface area contributed by atoms with E-state index in [0.29, 0.717) is 41.9 Å². The van der Waals surface area contributed by atoms with Crippen LogP contribution in [0.15, 0.2) is 58.4 Å². The Morgan fingerprint density at radius 1 is 1.12 bits per heavy atom. The molecule has 10 nitrogen and oxygen atoms in total. The number of aromatic nitrogens is 4. The second kappa shape index (κ2) is 9.12. The van der Waals surface area contributed by atoms with E-state index in [-0.39, 0.29) is 17.0 Å². The minimum absolute atomic E-state index is 0.0646. The fraction of sp³-hybridized carbons (Fsp3) is 0.273. The number of aromatic amines is 1. The van der Waals surface area contributed by atoms with Crippen LogP contribution in [0.3, 0.4) is 0 Å². The van der Waals surface area contributed by atoms with Crippen molar-refractivity contribution in [1.29, 1.82) is 0 Å². The standard InChI is InChI=1S/C22H24N6O4S/c1-3-27(4-2)33(31,32)15-8-9-18-16(13-15)17(14-21(29)24-18)22(30)23-11-10-20-26-25-19-7-5-6-12-28(19)20/h5-9,12-14H,3-4,10-11H2,1-2H3,(H,23,30)(H,24,29). The van der Waals surface area contributed by atoms with Crippen LogP contribution in [0.25, 0.3) is 16.6 Å². The van der Waals surface area contributed by atoms with Crippen LogP contribution in [0.2, 0.25) is 0 Å². The number of nitrogens with one attached hydrogen (secondary N) is 2. The smallest absolute Gasteiger partial charge is 0.252 e. The molecule has 3 heterocycles. The summed E-state index contributed by atoms with van der Waals surface area (Å²) in [5, 5.41) is 11.4. The maximum atomic E-state index is 12.9. The summed E-state index contributed by atoms with van der Waals surface area (Å²) in [6.07, 6.45) is 2.27. The molecule has 0 aliphatic rings. The Labute approximate surface area is 190 Å². The topological polar surface area (TPSA) is 130 Å². The number of nitrogens with zero attached hydrogens (tertiary/aromatic N) is 4. The van der Waals surface area contributed by atoms with Gasteiger partial charge in [-0.2, -0.15) is 4.31 Å². The molecule has 0 atom stereocenters. The zero-order chi connectivity index (χ0) is 23.6. The molecule has 4 rings (SSSR count). The number of rotatable bonds is 8. The number of carbonyl (C=O) groups is 1. The van der Waals surface area contributed by atoms with Gasteiger partial charge in [-0.1, -0.05) is 19.9 Å². The number of benzene rings is 1. The number of pyridine rings is 2.